The van der Waals surface area contributed by atoms with Gasteiger partial charge in [0.05, 0.1) is 19.7 Å². The molecule has 0 spiro atoms. The lowest BCUT2D eigenvalue weighted by Gasteiger charge is -2.13. The molecule has 10 nitrogen and oxygen atoms in total. The zero-order chi connectivity index (χ0) is 26.2. The molecule has 190 valence electrons. The third-order valence-corrected chi connectivity index (χ3v) is 5.42. The molecule has 0 saturated carbocycles. The summed E-state index contributed by atoms with van der Waals surface area (Å²) in [7, 11) is 3.12. The summed E-state index contributed by atoms with van der Waals surface area (Å²) < 4.78 is 16.8. The number of fused-ring (bicyclic) bond motifs is 1. The second-order valence-electron chi connectivity index (χ2n) is 7.82. The van der Waals surface area contributed by atoms with Crippen molar-refractivity contribution in [1.82, 2.24) is 10.3 Å². The van der Waals surface area contributed by atoms with Crippen molar-refractivity contribution in [3.8, 4) is 23.0 Å². The quantitative estimate of drug-likeness (QED) is 0.269. The maximum Gasteiger partial charge on any atom is 0.327 e. The van der Waals surface area contributed by atoms with Crippen molar-refractivity contribution in [3.05, 3.63) is 78.5 Å². The first-order chi connectivity index (χ1) is 18.0. The van der Waals surface area contributed by atoms with Crippen LogP contribution in [0.5, 0.6) is 23.0 Å². The van der Waals surface area contributed by atoms with Crippen molar-refractivity contribution < 1.29 is 28.9 Å². The molecule has 4 rings (SSSR count). The van der Waals surface area contributed by atoms with Gasteiger partial charge < -0.3 is 30.0 Å². The summed E-state index contributed by atoms with van der Waals surface area (Å²) in [4.78, 5) is 28.9. The Balaban J connectivity index is 1.38. The van der Waals surface area contributed by atoms with Crippen LogP contribution in [0.25, 0.3) is 10.9 Å². The number of urea groups is 2. The van der Waals surface area contributed by atoms with Gasteiger partial charge in [0.1, 0.15) is 11.5 Å². The zero-order valence-corrected chi connectivity index (χ0v) is 20.3. The Kier molecular flexibility index (Phi) is 8.01. The van der Waals surface area contributed by atoms with Crippen LogP contribution in [0.4, 0.5) is 21.0 Å². The Morgan fingerprint density at radius 2 is 1.57 bits per heavy atom. The fourth-order valence-electron chi connectivity index (χ4n) is 3.67. The molecule has 0 fully saturated rings. The first kappa shape index (κ1) is 25.3. The van der Waals surface area contributed by atoms with Crippen molar-refractivity contribution in [2.45, 2.75) is 6.42 Å². The number of anilines is 2. The molecular formula is C27H26N4O6. The summed E-state index contributed by atoms with van der Waals surface area (Å²) >= 11 is 0. The predicted molar refractivity (Wildman–Crippen MR) is 140 cm³/mol. The molecule has 0 unspecified atom stereocenters. The lowest BCUT2D eigenvalue weighted by atomic mass is 10.1. The molecule has 4 N–H and O–H groups in total. The van der Waals surface area contributed by atoms with E-state index < -0.39 is 12.1 Å². The number of carbonyl (C=O) groups excluding carboxylic acids is 2. The molecule has 4 amide bonds. The third-order valence-electron chi connectivity index (χ3n) is 5.42. The molecule has 0 aliphatic rings. The van der Waals surface area contributed by atoms with E-state index in [-0.39, 0.29) is 6.61 Å². The standard InChI is InChI=1S/C27H26N4O6/c1-35-24-15-20-22(16-25(24)36-2)28-13-11-23(20)37-19-9-7-18(8-10-19)29-26(33)31-27(34)30-21-6-4-3-5-17(21)12-14-32/h3-11,13,15-16,32H,12,14H2,1-2H3,(H3,29,30,31,33,34). The molecule has 0 radical (unpaired) electrons. The number of rotatable bonds is 8. The number of aliphatic hydroxyl groups excluding tert-OH is 1. The number of pyridine rings is 1. The van der Waals surface area contributed by atoms with E-state index in [1.165, 1.54) is 0 Å². The summed E-state index contributed by atoms with van der Waals surface area (Å²) in [6.45, 7) is -0.0547. The smallest absolute Gasteiger partial charge is 0.327 e. The van der Waals surface area contributed by atoms with Gasteiger partial charge in [0.2, 0.25) is 0 Å². The van der Waals surface area contributed by atoms with Crippen LogP contribution < -0.4 is 30.2 Å². The highest BCUT2D eigenvalue weighted by Crippen LogP contribution is 2.37. The highest BCUT2D eigenvalue weighted by molar-refractivity contribution is 6.05. The molecular weight excluding hydrogens is 476 g/mol. The first-order valence-electron chi connectivity index (χ1n) is 11.4. The minimum absolute atomic E-state index is 0.0547. The molecule has 4 aromatic rings. The molecule has 0 saturated heterocycles. The Morgan fingerprint density at radius 1 is 0.865 bits per heavy atom. The number of nitrogens with zero attached hydrogens (tertiary/aromatic N) is 1. The van der Waals surface area contributed by atoms with E-state index in [9.17, 15) is 9.59 Å². The molecule has 1 aromatic heterocycles. The van der Waals surface area contributed by atoms with E-state index in [4.69, 9.17) is 19.3 Å². The maximum atomic E-state index is 12.3. The van der Waals surface area contributed by atoms with Gasteiger partial charge in [-0.05, 0) is 54.4 Å². The van der Waals surface area contributed by atoms with Gasteiger partial charge in [-0.1, -0.05) is 18.2 Å². The van der Waals surface area contributed by atoms with Crippen molar-refractivity contribution in [3.63, 3.8) is 0 Å². The van der Waals surface area contributed by atoms with Crippen LogP contribution in [-0.4, -0.2) is 43.0 Å². The monoisotopic (exact) mass is 502 g/mol. The van der Waals surface area contributed by atoms with E-state index in [1.807, 2.05) is 0 Å². The number of benzene rings is 3. The average molecular weight is 503 g/mol. The Morgan fingerprint density at radius 3 is 2.30 bits per heavy atom. The lowest BCUT2D eigenvalue weighted by Crippen LogP contribution is -2.37. The lowest BCUT2D eigenvalue weighted by molar-refractivity contribution is 0.240. The third kappa shape index (κ3) is 6.24. The summed E-state index contributed by atoms with van der Waals surface area (Å²) in [6, 6.07) is 17.6. The van der Waals surface area contributed by atoms with Crippen LogP contribution in [0.3, 0.4) is 0 Å². The Labute approximate surface area is 213 Å². The largest absolute Gasteiger partial charge is 0.493 e. The normalized spacial score (nSPS) is 10.5. The highest BCUT2D eigenvalue weighted by atomic mass is 16.5. The van der Waals surface area contributed by atoms with Crippen LogP contribution in [0.2, 0.25) is 0 Å². The summed E-state index contributed by atoms with van der Waals surface area (Å²) in [5, 5.41) is 17.3. The van der Waals surface area contributed by atoms with Crippen LogP contribution in [-0.2, 0) is 6.42 Å². The number of methoxy groups -OCH3 is 2. The van der Waals surface area contributed by atoms with Gasteiger partial charge in [-0.25, -0.2) is 9.59 Å². The van der Waals surface area contributed by atoms with Gasteiger partial charge in [-0.15, -0.1) is 0 Å². The molecule has 1 heterocycles. The SMILES string of the molecule is COc1cc2nccc(Oc3ccc(NC(=O)NC(=O)Nc4ccccc4CCO)cc3)c2cc1OC. The highest BCUT2D eigenvalue weighted by Gasteiger charge is 2.13. The number of aliphatic hydroxyl groups is 1. The van der Waals surface area contributed by atoms with Gasteiger partial charge in [0, 0.05) is 35.6 Å². The molecule has 3 aromatic carbocycles. The molecule has 10 heteroatoms. The zero-order valence-electron chi connectivity index (χ0n) is 20.3. The van der Waals surface area contributed by atoms with Crippen LogP contribution in [0.15, 0.2) is 72.9 Å². The fourth-order valence-corrected chi connectivity index (χ4v) is 3.67. The molecule has 0 aliphatic heterocycles. The number of nitrogens with one attached hydrogen (secondary N) is 3. The Bertz CT molecular complexity index is 1410. The van der Waals surface area contributed by atoms with Gasteiger partial charge in [0.15, 0.2) is 11.5 Å². The number of ether oxygens (including phenoxy) is 3. The fraction of sp³-hybridized carbons (Fsp3) is 0.148. The maximum absolute atomic E-state index is 12.3. The molecule has 0 bridgehead atoms. The van der Waals surface area contributed by atoms with Crippen LogP contribution in [0.1, 0.15) is 5.56 Å². The molecule has 0 aliphatic carbocycles. The van der Waals surface area contributed by atoms with Crippen LogP contribution >= 0.6 is 0 Å². The average Bonchev–Trinajstić information content (AvgIpc) is 2.90. The first-order valence-corrected chi connectivity index (χ1v) is 11.4. The minimum atomic E-state index is -0.702. The number of imide groups is 1. The number of hydrogen-bond acceptors (Lipinski definition) is 7. The molecule has 0 atom stereocenters. The Hall–Kier alpha value is -4.83. The second-order valence-corrected chi connectivity index (χ2v) is 7.82. The van der Waals surface area contributed by atoms with Gasteiger partial charge in [-0.3, -0.25) is 10.3 Å². The van der Waals surface area contributed by atoms with Crippen molar-refractivity contribution in [2.24, 2.45) is 0 Å². The van der Waals surface area contributed by atoms with Crippen molar-refractivity contribution in [2.75, 3.05) is 31.5 Å². The van der Waals surface area contributed by atoms with Gasteiger partial charge in [-0.2, -0.15) is 0 Å². The topological polar surface area (TPSA) is 131 Å². The van der Waals surface area contributed by atoms with Crippen molar-refractivity contribution in [1.29, 1.82) is 0 Å². The van der Waals surface area contributed by atoms with E-state index in [0.29, 0.717) is 46.3 Å². The van der Waals surface area contributed by atoms with Crippen molar-refractivity contribution >= 4 is 34.3 Å². The molecule has 37 heavy (non-hydrogen) atoms. The van der Waals surface area contributed by atoms with E-state index >= 15 is 0 Å². The summed E-state index contributed by atoms with van der Waals surface area (Å²) in [6.07, 6.45) is 2.02. The van der Waals surface area contributed by atoms with E-state index in [2.05, 4.69) is 20.9 Å². The minimum Gasteiger partial charge on any atom is -0.493 e. The number of amides is 4. The summed E-state index contributed by atoms with van der Waals surface area (Å²) in [5.74, 6) is 2.23. The van der Waals surface area contributed by atoms with Gasteiger partial charge in [0.25, 0.3) is 0 Å². The number of para-hydroxylation sites is 1. The predicted octanol–water partition coefficient (Wildman–Crippen LogP) is 4.93. The number of aromatic nitrogens is 1. The summed E-state index contributed by atoms with van der Waals surface area (Å²) in [5.41, 5.74) is 2.42. The second kappa shape index (κ2) is 11.7. The van der Waals surface area contributed by atoms with Gasteiger partial charge >= 0.3 is 12.1 Å². The van der Waals surface area contributed by atoms with Crippen LogP contribution in [0, 0.1) is 0 Å². The number of hydrogen-bond donors (Lipinski definition) is 4. The van der Waals surface area contributed by atoms with E-state index in [0.717, 1.165) is 10.9 Å². The number of carbonyl (C=O) groups is 2. The van der Waals surface area contributed by atoms with E-state index in [1.54, 1.807) is 87.1 Å².